The molecule has 0 atom stereocenters. The van der Waals surface area contributed by atoms with Crippen molar-refractivity contribution in [3.05, 3.63) is 16.7 Å². The summed E-state index contributed by atoms with van der Waals surface area (Å²) in [7, 11) is 1.86. The first kappa shape index (κ1) is 11.4. The third-order valence-corrected chi connectivity index (χ3v) is 2.82. The molecule has 2 N–H and O–H groups in total. The summed E-state index contributed by atoms with van der Waals surface area (Å²) in [6.45, 7) is 1.74. The molecule has 1 aromatic carbocycles. The van der Waals surface area contributed by atoms with Crippen molar-refractivity contribution >= 4 is 11.6 Å². The molecule has 0 fully saturated rings. The van der Waals surface area contributed by atoms with E-state index in [1.807, 2.05) is 7.05 Å². The highest BCUT2D eigenvalue weighted by molar-refractivity contribution is 6.33. The van der Waals surface area contributed by atoms with Crippen molar-refractivity contribution in [2.45, 2.75) is 6.42 Å². The van der Waals surface area contributed by atoms with Crippen molar-refractivity contribution < 1.29 is 14.6 Å². The van der Waals surface area contributed by atoms with Crippen LogP contribution in [0, 0.1) is 0 Å². The normalized spacial score (nSPS) is 13.9. The van der Waals surface area contributed by atoms with Gasteiger partial charge in [0, 0.05) is 5.56 Å². The Bertz CT molecular complexity index is 395. The maximum Gasteiger partial charge on any atom is 0.183 e. The highest BCUT2D eigenvalue weighted by Gasteiger charge is 2.21. The van der Waals surface area contributed by atoms with E-state index in [2.05, 4.69) is 5.32 Å². The fraction of sp³-hybridized carbons (Fsp3) is 0.455. The molecule has 0 bridgehead atoms. The predicted octanol–water partition coefficient (Wildman–Crippen LogP) is 1.58. The van der Waals surface area contributed by atoms with Crippen molar-refractivity contribution in [3.8, 4) is 17.2 Å². The number of aromatic hydroxyl groups is 1. The Balaban J connectivity index is 2.36. The Labute approximate surface area is 99.1 Å². The molecule has 0 saturated heterocycles. The third-order valence-electron chi connectivity index (χ3n) is 2.47. The molecular formula is C11H14ClNO3. The lowest BCUT2D eigenvalue weighted by Crippen LogP contribution is -2.16. The lowest BCUT2D eigenvalue weighted by molar-refractivity contribution is 0.171. The zero-order valence-corrected chi connectivity index (χ0v) is 9.80. The van der Waals surface area contributed by atoms with Crippen molar-refractivity contribution in [1.82, 2.24) is 5.32 Å². The first-order valence-electron chi connectivity index (χ1n) is 5.18. The summed E-state index contributed by atoms with van der Waals surface area (Å²) in [6, 6.07) is 1.78. The molecule has 0 aliphatic carbocycles. The third kappa shape index (κ3) is 2.03. The van der Waals surface area contributed by atoms with Crippen molar-refractivity contribution in [2.75, 3.05) is 26.8 Å². The van der Waals surface area contributed by atoms with E-state index in [1.165, 1.54) is 0 Å². The van der Waals surface area contributed by atoms with Crippen LogP contribution in [0.25, 0.3) is 0 Å². The summed E-state index contributed by atoms with van der Waals surface area (Å²) in [5.74, 6) is 1.14. The maximum atomic E-state index is 9.88. The number of phenolic OH excluding ortho intramolecular Hbond substituents is 1. The number of fused-ring (bicyclic) bond motifs is 1. The van der Waals surface area contributed by atoms with Crippen molar-refractivity contribution in [2.24, 2.45) is 0 Å². The van der Waals surface area contributed by atoms with Gasteiger partial charge in [0.2, 0.25) is 0 Å². The van der Waals surface area contributed by atoms with Crippen LogP contribution in [-0.2, 0) is 6.42 Å². The molecule has 1 aromatic rings. The van der Waals surface area contributed by atoms with E-state index in [1.54, 1.807) is 6.07 Å². The van der Waals surface area contributed by atoms with Crippen LogP contribution in [0.2, 0.25) is 5.02 Å². The van der Waals surface area contributed by atoms with Gasteiger partial charge in [-0.15, -0.1) is 0 Å². The van der Waals surface area contributed by atoms with Crippen LogP contribution in [-0.4, -0.2) is 31.9 Å². The lowest BCUT2D eigenvalue weighted by Gasteiger charge is -2.21. The van der Waals surface area contributed by atoms with Gasteiger partial charge in [-0.05, 0) is 26.1 Å². The number of likely N-dealkylation sites (N-methyl/N-ethyl adjacent to an activating group) is 1. The minimum Gasteiger partial charge on any atom is -0.506 e. The largest absolute Gasteiger partial charge is 0.506 e. The summed E-state index contributed by atoms with van der Waals surface area (Å²) < 4.78 is 10.8. The van der Waals surface area contributed by atoms with Crippen molar-refractivity contribution in [3.63, 3.8) is 0 Å². The maximum absolute atomic E-state index is 9.88. The van der Waals surface area contributed by atoms with Gasteiger partial charge >= 0.3 is 0 Å². The minimum absolute atomic E-state index is 0.0844. The van der Waals surface area contributed by atoms with E-state index in [4.69, 9.17) is 21.1 Å². The quantitative estimate of drug-likeness (QED) is 0.846. The summed E-state index contributed by atoms with van der Waals surface area (Å²) in [4.78, 5) is 0. The van der Waals surface area contributed by atoms with Crippen molar-refractivity contribution in [1.29, 1.82) is 0 Å². The molecule has 5 heteroatoms. The summed E-state index contributed by atoms with van der Waals surface area (Å²) >= 11 is 6.02. The van der Waals surface area contributed by atoms with Gasteiger partial charge in [0.1, 0.15) is 24.0 Å². The Morgan fingerprint density at radius 2 is 2.19 bits per heavy atom. The summed E-state index contributed by atoms with van der Waals surface area (Å²) in [5.41, 5.74) is 0.767. The molecule has 0 unspecified atom stereocenters. The Hall–Kier alpha value is -1.13. The molecule has 0 spiro atoms. The molecule has 0 radical (unpaired) electrons. The number of rotatable bonds is 3. The van der Waals surface area contributed by atoms with Gasteiger partial charge in [0.05, 0.1) is 0 Å². The molecule has 1 aliphatic heterocycles. The standard InChI is InChI=1S/C11H14ClNO3/c1-13-3-2-7-6-8-11(9(12)10(7)14)16-5-4-15-8/h6,13-14H,2-5H2,1H3. The van der Waals surface area contributed by atoms with Crippen LogP contribution in [0.3, 0.4) is 0 Å². The zero-order valence-electron chi connectivity index (χ0n) is 9.05. The number of hydrogen-bond donors (Lipinski definition) is 2. The van der Waals surface area contributed by atoms with E-state index in [-0.39, 0.29) is 10.8 Å². The Morgan fingerprint density at radius 1 is 1.44 bits per heavy atom. The molecule has 16 heavy (non-hydrogen) atoms. The summed E-state index contributed by atoms with van der Waals surface area (Å²) in [6.07, 6.45) is 0.693. The first-order chi connectivity index (χ1) is 7.74. The van der Waals surface area contributed by atoms with Gasteiger partial charge in [-0.2, -0.15) is 0 Å². The second kappa shape index (κ2) is 4.80. The topological polar surface area (TPSA) is 50.7 Å². The molecule has 2 rings (SSSR count). The molecule has 0 saturated carbocycles. The Morgan fingerprint density at radius 3 is 2.94 bits per heavy atom. The number of benzene rings is 1. The molecule has 0 amide bonds. The van der Waals surface area contributed by atoms with Gasteiger partial charge in [0.25, 0.3) is 0 Å². The van der Waals surface area contributed by atoms with E-state index in [0.717, 1.165) is 12.1 Å². The van der Waals surface area contributed by atoms with Crippen LogP contribution in [0.1, 0.15) is 5.56 Å². The fourth-order valence-electron chi connectivity index (χ4n) is 1.64. The summed E-state index contributed by atoms with van der Waals surface area (Å²) in [5, 5.41) is 13.1. The molecular weight excluding hydrogens is 230 g/mol. The second-order valence-electron chi connectivity index (χ2n) is 3.58. The minimum atomic E-state index is 0.0844. The molecule has 1 aliphatic rings. The van der Waals surface area contributed by atoms with E-state index in [0.29, 0.717) is 31.1 Å². The number of ether oxygens (including phenoxy) is 2. The zero-order chi connectivity index (χ0) is 11.5. The number of halogens is 1. The van der Waals surface area contributed by atoms with E-state index >= 15 is 0 Å². The fourth-order valence-corrected chi connectivity index (χ4v) is 1.91. The van der Waals surface area contributed by atoms with Gasteiger partial charge in [0.15, 0.2) is 11.5 Å². The SMILES string of the molecule is CNCCc1cc2c(c(Cl)c1O)OCCO2. The average molecular weight is 244 g/mol. The molecule has 0 aromatic heterocycles. The highest BCUT2D eigenvalue weighted by atomic mass is 35.5. The van der Waals surface area contributed by atoms with Gasteiger partial charge in [-0.1, -0.05) is 11.6 Å². The molecule has 4 nitrogen and oxygen atoms in total. The van der Waals surface area contributed by atoms with Gasteiger partial charge in [-0.25, -0.2) is 0 Å². The van der Waals surface area contributed by atoms with E-state index in [9.17, 15) is 5.11 Å². The number of nitrogens with one attached hydrogen (secondary N) is 1. The molecule has 88 valence electrons. The average Bonchev–Trinajstić information content (AvgIpc) is 2.32. The second-order valence-corrected chi connectivity index (χ2v) is 3.95. The van der Waals surface area contributed by atoms with Crippen LogP contribution in [0.5, 0.6) is 17.2 Å². The van der Waals surface area contributed by atoms with Gasteiger partial charge < -0.3 is 19.9 Å². The van der Waals surface area contributed by atoms with E-state index < -0.39 is 0 Å². The number of phenols is 1. The van der Waals surface area contributed by atoms with Crippen LogP contribution in [0.15, 0.2) is 6.07 Å². The van der Waals surface area contributed by atoms with Crippen LogP contribution in [0.4, 0.5) is 0 Å². The Kier molecular flexibility index (Phi) is 3.41. The lowest BCUT2D eigenvalue weighted by atomic mass is 10.1. The smallest absolute Gasteiger partial charge is 0.183 e. The van der Waals surface area contributed by atoms with Crippen LogP contribution >= 0.6 is 11.6 Å². The first-order valence-corrected chi connectivity index (χ1v) is 5.56. The number of hydrogen-bond acceptors (Lipinski definition) is 4. The van der Waals surface area contributed by atoms with Crippen LogP contribution < -0.4 is 14.8 Å². The molecule has 1 heterocycles. The monoisotopic (exact) mass is 243 g/mol. The predicted molar refractivity (Wildman–Crippen MR) is 61.7 cm³/mol. The highest BCUT2D eigenvalue weighted by Crippen LogP contribution is 2.44. The van der Waals surface area contributed by atoms with Gasteiger partial charge in [-0.3, -0.25) is 0 Å².